The molecular weight excluding hydrogens is 426 g/mol. The minimum atomic E-state index is -0.407. The summed E-state index contributed by atoms with van der Waals surface area (Å²) in [6.45, 7) is 6.78. The van der Waals surface area contributed by atoms with Gasteiger partial charge in [0.1, 0.15) is 18.9 Å². The van der Waals surface area contributed by atoms with Gasteiger partial charge in [-0.15, -0.1) is 0 Å². The van der Waals surface area contributed by atoms with Gasteiger partial charge in [0.15, 0.2) is 0 Å². The Kier molecular flexibility index (Phi) is 14.7. The third-order valence-electron chi connectivity index (χ3n) is 5.37. The molecule has 0 aromatic heterocycles. The Balaban J connectivity index is 0.000000352. The Labute approximate surface area is 204 Å². The summed E-state index contributed by atoms with van der Waals surface area (Å²) < 4.78 is 5.43. The summed E-state index contributed by atoms with van der Waals surface area (Å²) in [6.07, 6.45) is 5.80. The van der Waals surface area contributed by atoms with Gasteiger partial charge in [0.25, 0.3) is 0 Å². The van der Waals surface area contributed by atoms with E-state index in [1.54, 1.807) is 0 Å². The van der Waals surface area contributed by atoms with Crippen molar-refractivity contribution >= 4 is 17.9 Å². The number of ether oxygens (including phenoxy) is 1. The smallest absolute Gasteiger partial charge is 0.249 e. The van der Waals surface area contributed by atoms with Gasteiger partial charge in [0.2, 0.25) is 5.91 Å². The molecule has 6 nitrogen and oxygen atoms in total. The highest BCUT2D eigenvalue weighted by Gasteiger charge is 2.15. The summed E-state index contributed by atoms with van der Waals surface area (Å²) in [5, 5.41) is 14.0. The molecule has 1 unspecified atom stereocenters. The summed E-state index contributed by atoms with van der Waals surface area (Å²) in [6, 6.07) is 16.7. The maximum atomic E-state index is 11.4. The molecule has 184 valence electrons. The average Bonchev–Trinajstić information content (AvgIpc) is 2.87. The van der Waals surface area contributed by atoms with Gasteiger partial charge in [-0.25, -0.2) is 0 Å². The van der Waals surface area contributed by atoms with Crippen molar-refractivity contribution in [2.24, 2.45) is 0 Å². The Morgan fingerprint density at radius 2 is 1.82 bits per heavy atom. The van der Waals surface area contributed by atoms with Crippen molar-refractivity contribution in [1.29, 1.82) is 5.26 Å². The number of hydrogen-bond donors (Lipinski definition) is 2. The predicted molar refractivity (Wildman–Crippen MR) is 139 cm³/mol. The summed E-state index contributed by atoms with van der Waals surface area (Å²) in [5.74, 6) is -0.185. The van der Waals surface area contributed by atoms with Crippen molar-refractivity contribution < 1.29 is 14.3 Å². The Morgan fingerprint density at radius 3 is 2.41 bits per heavy atom. The molecule has 0 saturated carbocycles. The molecule has 0 fully saturated rings. The van der Waals surface area contributed by atoms with E-state index in [0.29, 0.717) is 19.4 Å². The lowest BCUT2D eigenvalue weighted by Gasteiger charge is -2.14. The molecule has 6 heteroatoms. The van der Waals surface area contributed by atoms with Crippen LogP contribution in [-0.2, 0) is 20.7 Å². The maximum Gasteiger partial charge on any atom is 0.249 e. The summed E-state index contributed by atoms with van der Waals surface area (Å²) in [7, 11) is 1.92. The largest absolute Gasteiger partial charge is 0.388 e. The Hall–Kier alpha value is -3.17. The molecule has 0 bridgehead atoms. The van der Waals surface area contributed by atoms with Gasteiger partial charge in [-0.1, -0.05) is 68.7 Å². The molecule has 0 heterocycles. The van der Waals surface area contributed by atoms with Crippen LogP contribution in [0.25, 0.3) is 11.1 Å². The van der Waals surface area contributed by atoms with Crippen LogP contribution in [0, 0.1) is 18.3 Å². The number of hydrogen-bond acceptors (Lipinski definition) is 5. The second-order valence-corrected chi connectivity index (χ2v) is 8.04. The fourth-order valence-electron chi connectivity index (χ4n) is 3.36. The number of aryl methyl sites for hydroxylation is 2. The number of nitrogens with one attached hydrogen (secondary N) is 2. The van der Waals surface area contributed by atoms with Crippen LogP contribution in [0.4, 0.5) is 5.69 Å². The number of nitrogens with zero attached hydrogens (tertiary/aromatic N) is 1. The van der Waals surface area contributed by atoms with Crippen LogP contribution in [0.1, 0.15) is 57.1 Å². The molecule has 1 amide bonds. The molecule has 2 aromatic rings. The maximum absolute atomic E-state index is 11.4. The molecule has 2 rings (SSSR count). The quantitative estimate of drug-likeness (QED) is 0.233. The normalized spacial score (nSPS) is 10.9. The Bertz CT molecular complexity index is 904. The monoisotopic (exact) mass is 465 g/mol. The third-order valence-corrected chi connectivity index (χ3v) is 5.37. The second-order valence-electron chi connectivity index (χ2n) is 8.04. The van der Waals surface area contributed by atoms with Crippen molar-refractivity contribution in [3.8, 4) is 17.2 Å². The number of carbonyl (C=O) groups is 2. The van der Waals surface area contributed by atoms with Crippen LogP contribution in [0.3, 0.4) is 0 Å². The molecule has 2 N–H and O–H groups in total. The van der Waals surface area contributed by atoms with E-state index < -0.39 is 6.10 Å². The highest BCUT2D eigenvalue weighted by Crippen LogP contribution is 2.26. The van der Waals surface area contributed by atoms with Gasteiger partial charge < -0.3 is 20.2 Å². The SMILES string of the molecule is CCCCCOC(CC)C(=O)NCC#N.CNc1cc(-c2ccc(C)cc2)ccc1CCC=O. The van der Waals surface area contributed by atoms with Crippen LogP contribution in [0.15, 0.2) is 42.5 Å². The van der Waals surface area contributed by atoms with E-state index in [1.165, 1.54) is 22.3 Å². The van der Waals surface area contributed by atoms with Crippen molar-refractivity contribution in [2.75, 3.05) is 25.5 Å². The van der Waals surface area contributed by atoms with Crippen LogP contribution >= 0.6 is 0 Å². The molecule has 34 heavy (non-hydrogen) atoms. The number of unbranched alkanes of at least 4 members (excludes halogenated alkanes) is 2. The van der Waals surface area contributed by atoms with E-state index in [0.717, 1.165) is 37.7 Å². The van der Waals surface area contributed by atoms with Crippen molar-refractivity contribution in [1.82, 2.24) is 5.32 Å². The first-order valence-electron chi connectivity index (χ1n) is 12.1. The molecule has 2 aromatic carbocycles. The first kappa shape index (κ1) is 28.9. The lowest BCUT2D eigenvalue weighted by atomic mass is 9.99. The molecule has 0 aliphatic carbocycles. The predicted octanol–water partition coefficient (Wildman–Crippen LogP) is 5.45. The van der Waals surface area contributed by atoms with Crippen molar-refractivity contribution in [2.45, 2.75) is 65.4 Å². The van der Waals surface area contributed by atoms with Gasteiger partial charge in [-0.3, -0.25) is 4.79 Å². The van der Waals surface area contributed by atoms with Gasteiger partial charge in [0, 0.05) is 25.8 Å². The molecular formula is C28H39N3O3. The van der Waals surface area contributed by atoms with E-state index in [1.807, 2.05) is 20.0 Å². The van der Waals surface area contributed by atoms with Crippen molar-refractivity contribution in [3.63, 3.8) is 0 Å². The molecule has 0 radical (unpaired) electrons. The van der Waals surface area contributed by atoms with Gasteiger partial charge in [-0.2, -0.15) is 5.26 Å². The second kappa shape index (κ2) is 17.3. The van der Waals surface area contributed by atoms with Gasteiger partial charge in [-0.05, 0) is 48.9 Å². The number of anilines is 1. The lowest BCUT2D eigenvalue weighted by Crippen LogP contribution is -2.36. The zero-order valence-electron chi connectivity index (χ0n) is 21.0. The van der Waals surface area contributed by atoms with Crippen LogP contribution in [0.5, 0.6) is 0 Å². The highest BCUT2D eigenvalue weighted by molar-refractivity contribution is 5.80. The first-order valence-corrected chi connectivity index (χ1v) is 12.1. The van der Waals surface area contributed by atoms with Crippen molar-refractivity contribution in [3.05, 3.63) is 53.6 Å². The van der Waals surface area contributed by atoms with Crippen LogP contribution < -0.4 is 10.6 Å². The number of nitriles is 1. The summed E-state index contributed by atoms with van der Waals surface area (Å²) in [5.41, 5.74) is 5.95. The topological polar surface area (TPSA) is 91.2 Å². The average molecular weight is 466 g/mol. The summed E-state index contributed by atoms with van der Waals surface area (Å²) in [4.78, 5) is 21.9. The minimum absolute atomic E-state index is 0.0493. The molecule has 0 aliphatic heterocycles. The fraction of sp³-hybridized carbons (Fsp3) is 0.464. The highest BCUT2D eigenvalue weighted by atomic mass is 16.5. The van der Waals surface area contributed by atoms with E-state index >= 15 is 0 Å². The van der Waals surface area contributed by atoms with E-state index in [2.05, 4.69) is 66.9 Å². The molecule has 0 saturated heterocycles. The Morgan fingerprint density at radius 1 is 1.12 bits per heavy atom. The van der Waals surface area contributed by atoms with Crippen LogP contribution in [0.2, 0.25) is 0 Å². The van der Waals surface area contributed by atoms with Gasteiger partial charge >= 0.3 is 0 Å². The van der Waals surface area contributed by atoms with Crippen LogP contribution in [-0.4, -0.2) is 38.5 Å². The van der Waals surface area contributed by atoms with E-state index in [4.69, 9.17) is 10.00 Å². The molecule has 1 atom stereocenters. The van der Waals surface area contributed by atoms with E-state index in [9.17, 15) is 9.59 Å². The number of rotatable bonds is 13. The standard InChI is InChI=1S/C17H19NO.C11H20N2O2/c1-13-5-7-14(8-6-13)16-10-9-15(4-3-11-19)17(12-16)18-2;1-3-5-6-9-15-10(4-2)11(14)13-8-7-12/h5-12,18H,3-4H2,1-2H3;10H,3-6,8-9H2,1-2H3,(H,13,14). The van der Waals surface area contributed by atoms with E-state index in [-0.39, 0.29) is 12.5 Å². The number of carbonyl (C=O) groups excluding carboxylic acids is 2. The first-order chi connectivity index (χ1) is 16.5. The van der Waals surface area contributed by atoms with Gasteiger partial charge in [0.05, 0.1) is 6.07 Å². The molecule has 0 spiro atoms. The fourth-order valence-corrected chi connectivity index (χ4v) is 3.36. The third kappa shape index (κ3) is 10.6. The zero-order chi connectivity index (χ0) is 25.2. The summed E-state index contributed by atoms with van der Waals surface area (Å²) >= 11 is 0. The number of aldehydes is 1. The molecule has 0 aliphatic rings. The number of amides is 1. The lowest BCUT2D eigenvalue weighted by molar-refractivity contribution is -0.132. The number of benzene rings is 2. The minimum Gasteiger partial charge on any atom is -0.388 e. The zero-order valence-corrected chi connectivity index (χ0v) is 21.0.